The Bertz CT molecular complexity index is 1060. The lowest BCUT2D eigenvalue weighted by Crippen LogP contribution is -2.54. The first kappa shape index (κ1) is 29.2. The third-order valence-electron chi connectivity index (χ3n) is 5.30. The lowest BCUT2D eigenvalue weighted by atomic mass is 10.0. The first-order valence-electron chi connectivity index (χ1n) is 11.4. The Morgan fingerprint density at radius 3 is 2.36 bits per heavy atom. The first-order valence-corrected chi connectivity index (χ1v) is 12.9. The van der Waals surface area contributed by atoms with Crippen LogP contribution in [-0.4, -0.2) is 53.6 Å². The molecule has 8 nitrogen and oxygen atoms in total. The maximum atomic E-state index is 13.0. The van der Waals surface area contributed by atoms with E-state index in [0.717, 1.165) is 5.56 Å². The van der Waals surface area contributed by atoms with Crippen LogP contribution < -0.4 is 15.4 Å². The van der Waals surface area contributed by atoms with Crippen LogP contribution in [0, 0.1) is 5.92 Å². The quantitative estimate of drug-likeness (QED) is 0.339. The molecule has 0 heterocycles. The fourth-order valence-corrected chi connectivity index (χ4v) is 4.57. The van der Waals surface area contributed by atoms with Gasteiger partial charge in [-0.15, -0.1) is 11.8 Å². The van der Waals surface area contributed by atoms with Crippen molar-refractivity contribution in [3.8, 4) is 5.75 Å². The molecule has 2 amide bonds. The Kier molecular flexibility index (Phi) is 11.8. The summed E-state index contributed by atoms with van der Waals surface area (Å²) in [6, 6.07) is 12.3. The van der Waals surface area contributed by atoms with Crippen molar-refractivity contribution in [2.24, 2.45) is 5.92 Å². The summed E-state index contributed by atoms with van der Waals surface area (Å²) in [7, 11) is 1.48. The molecule has 0 fully saturated rings. The summed E-state index contributed by atoms with van der Waals surface area (Å²) in [5, 5.41) is 14.9. The third-order valence-corrected chi connectivity index (χ3v) is 6.56. The molecule has 0 saturated heterocycles. The van der Waals surface area contributed by atoms with Crippen LogP contribution in [0.2, 0.25) is 5.02 Å². The summed E-state index contributed by atoms with van der Waals surface area (Å²) < 4.78 is 5.26. The van der Waals surface area contributed by atoms with E-state index in [4.69, 9.17) is 16.3 Å². The number of carbonyl (C=O) groups is 4. The van der Waals surface area contributed by atoms with Gasteiger partial charge < -0.3 is 20.5 Å². The molecule has 0 aliphatic carbocycles. The molecular formula is C26H31ClN2O6S. The fraction of sp³-hybridized carbons (Fsp3) is 0.385. The molecule has 194 valence electrons. The number of aliphatic carboxylic acids is 1. The first-order chi connectivity index (χ1) is 17.1. The molecule has 0 aliphatic heterocycles. The highest BCUT2D eigenvalue weighted by atomic mass is 35.5. The average Bonchev–Trinajstić information content (AvgIpc) is 2.82. The summed E-state index contributed by atoms with van der Waals surface area (Å²) in [4.78, 5) is 49.9. The van der Waals surface area contributed by atoms with E-state index in [2.05, 4.69) is 10.6 Å². The van der Waals surface area contributed by atoms with Gasteiger partial charge in [-0.05, 0) is 29.7 Å². The zero-order valence-electron chi connectivity index (χ0n) is 20.5. The Morgan fingerprint density at radius 1 is 1.06 bits per heavy atom. The summed E-state index contributed by atoms with van der Waals surface area (Å²) in [6.07, 6.45) is -0.622. The largest absolute Gasteiger partial charge is 0.496 e. The molecule has 2 rings (SSSR count). The number of carbonyl (C=O) groups excluding carboxylic acids is 3. The maximum absolute atomic E-state index is 13.0. The molecular weight excluding hydrogens is 504 g/mol. The normalized spacial score (nSPS) is 12.5. The van der Waals surface area contributed by atoms with Crippen molar-refractivity contribution in [1.29, 1.82) is 0 Å². The van der Waals surface area contributed by atoms with Gasteiger partial charge in [0.1, 0.15) is 11.8 Å². The number of rotatable bonds is 14. The number of amides is 2. The average molecular weight is 535 g/mol. The Balaban J connectivity index is 2.03. The fourth-order valence-electron chi connectivity index (χ4n) is 3.44. The van der Waals surface area contributed by atoms with Gasteiger partial charge in [0.15, 0.2) is 5.78 Å². The van der Waals surface area contributed by atoms with Gasteiger partial charge in [-0.1, -0.05) is 55.8 Å². The van der Waals surface area contributed by atoms with Gasteiger partial charge in [-0.2, -0.15) is 0 Å². The molecule has 0 spiro atoms. The molecule has 0 radical (unpaired) electrons. The molecule has 0 aliphatic rings. The predicted octanol–water partition coefficient (Wildman–Crippen LogP) is 3.49. The predicted molar refractivity (Wildman–Crippen MR) is 140 cm³/mol. The van der Waals surface area contributed by atoms with Crippen LogP contribution in [0.15, 0.2) is 48.5 Å². The van der Waals surface area contributed by atoms with Gasteiger partial charge in [0, 0.05) is 16.3 Å². The van der Waals surface area contributed by atoms with E-state index >= 15 is 0 Å². The summed E-state index contributed by atoms with van der Waals surface area (Å²) in [5.74, 6) is -1.88. The van der Waals surface area contributed by atoms with Crippen LogP contribution in [0.25, 0.3) is 0 Å². The highest BCUT2D eigenvalue weighted by molar-refractivity contribution is 7.99. The number of hydrogen-bond acceptors (Lipinski definition) is 6. The van der Waals surface area contributed by atoms with Crippen LogP contribution in [0.1, 0.15) is 31.4 Å². The molecule has 2 unspecified atom stereocenters. The molecule has 2 aromatic rings. The van der Waals surface area contributed by atoms with Gasteiger partial charge in [0.05, 0.1) is 31.7 Å². The van der Waals surface area contributed by atoms with Gasteiger partial charge in [0.2, 0.25) is 11.8 Å². The zero-order chi connectivity index (χ0) is 26.7. The standard InChI is InChI=1S/C26H31ClN2O6S/c1-16(2)25(29-23(31)12-18-11-19(27)9-10-22(18)35-3)26(34)28-20(13-24(32)33)21(30)15-36-14-17-7-5-4-6-8-17/h4-11,16,20,25H,12-15H2,1-3H3,(H,28,34)(H,29,31)(H,32,33). The minimum atomic E-state index is -1.21. The summed E-state index contributed by atoms with van der Waals surface area (Å²) in [5.41, 5.74) is 1.59. The number of ketones is 1. The number of halogens is 1. The van der Waals surface area contributed by atoms with Gasteiger partial charge in [-0.25, -0.2) is 0 Å². The van der Waals surface area contributed by atoms with Gasteiger partial charge >= 0.3 is 5.97 Å². The number of carboxylic acid groups (broad SMARTS) is 1. The Morgan fingerprint density at radius 2 is 1.75 bits per heavy atom. The Labute approximate surface area is 220 Å². The van der Waals surface area contributed by atoms with Crippen molar-refractivity contribution in [3.63, 3.8) is 0 Å². The monoisotopic (exact) mass is 534 g/mol. The van der Waals surface area contributed by atoms with Crippen molar-refractivity contribution < 1.29 is 29.0 Å². The zero-order valence-corrected chi connectivity index (χ0v) is 22.0. The molecule has 2 aromatic carbocycles. The SMILES string of the molecule is COc1ccc(Cl)cc1CC(=O)NC(C(=O)NC(CC(=O)O)C(=O)CSCc1ccccc1)C(C)C. The number of methoxy groups -OCH3 is 1. The van der Waals surface area contributed by atoms with E-state index in [1.807, 2.05) is 30.3 Å². The van der Waals surface area contributed by atoms with Crippen molar-refractivity contribution in [2.45, 2.75) is 44.5 Å². The second-order valence-electron chi connectivity index (χ2n) is 8.53. The number of benzene rings is 2. The van der Waals surface area contributed by atoms with Crippen LogP contribution >= 0.6 is 23.4 Å². The third kappa shape index (κ3) is 9.54. The molecule has 10 heteroatoms. The van der Waals surface area contributed by atoms with Gasteiger partial charge in [0.25, 0.3) is 0 Å². The summed E-state index contributed by atoms with van der Waals surface area (Å²) >= 11 is 7.37. The minimum absolute atomic E-state index is 0.0421. The molecule has 0 saturated carbocycles. The number of hydrogen-bond donors (Lipinski definition) is 3. The molecule has 0 aromatic heterocycles. The second-order valence-corrected chi connectivity index (χ2v) is 9.95. The number of Topliss-reactive ketones (excluding diaryl/α,β-unsaturated/α-hetero) is 1. The maximum Gasteiger partial charge on any atom is 0.305 e. The molecule has 3 N–H and O–H groups in total. The van der Waals surface area contributed by atoms with E-state index in [-0.39, 0.29) is 18.1 Å². The Hall–Kier alpha value is -3.04. The number of thioether (sulfide) groups is 1. The van der Waals surface area contributed by atoms with Crippen molar-refractivity contribution in [2.75, 3.05) is 12.9 Å². The molecule has 0 bridgehead atoms. The van der Waals surface area contributed by atoms with Crippen LogP contribution in [0.5, 0.6) is 5.75 Å². The van der Waals surface area contributed by atoms with Crippen LogP contribution in [-0.2, 0) is 31.4 Å². The van der Waals surface area contributed by atoms with E-state index in [1.165, 1.54) is 18.9 Å². The van der Waals surface area contributed by atoms with Crippen molar-refractivity contribution in [3.05, 3.63) is 64.7 Å². The number of ether oxygens (including phenoxy) is 1. The number of nitrogens with one attached hydrogen (secondary N) is 2. The second kappa shape index (κ2) is 14.5. The summed E-state index contributed by atoms with van der Waals surface area (Å²) in [6.45, 7) is 3.49. The van der Waals surface area contributed by atoms with E-state index in [0.29, 0.717) is 22.1 Å². The van der Waals surface area contributed by atoms with E-state index < -0.39 is 42.1 Å². The van der Waals surface area contributed by atoms with Crippen LogP contribution in [0.4, 0.5) is 0 Å². The lowest BCUT2D eigenvalue weighted by Gasteiger charge is -2.24. The van der Waals surface area contributed by atoms with E-state index in [1.54, 1.807) is 32.0 Å². The van der Waals surface area contributed by atoms with E-state index in [9.17, 15) is 24.3 Å². The van der Waals surface area contributed by atoms with Gasteiger partial charge in [-0.3, -0.25) is 19.2 Å². The topological polar surface area (TPSA) is 122 Å². The van der Waals surface area contributed by atoms with Crippen molar-refractivity contribution in [1.82, 2.24) is 10.6 Å². The molecule has 36 heavy (non-hydrogen) atoms. The highest BCUT2D eigenvalue weighted by Gasteiger charge is 2.30. The molecule has 2 atom stereocenters. The smallest absolute Gasteiger partial charge is 0.305 e. The van der Waals surface area contributed by atoms with Crippen molar-refractivity contribution >= 4 is 46.9 Å². The number of carboxylic acids is 1. The minimum Gasteiger partial charge on any atom is -0.496 e. The lowest BCUT2D eigenvalue weighted by molar-refractivity contribution is -0.140. The van der Waals surface area contributed by atoms with Crippen LogP contribution in [0.3, 0.4) is 0 Å². The highest BCUT2D eigenvalue weighted by Crippen LogP contribution is 2.23.